The van der Waals surface area contributed by atoms with E-state index in [-0.39, 0.29) is 23.0 Å². The highest BCUT2D eigenvalue weighted by Gasteiger charge is 2.73. The Hall–Kier alpha value is -1.23. The Bertz CT molecular complexity index is 622. The second kappa shape index (κ2) is 5.94. The molecule has 3 rings (SSSR count). The third kappa shape index (κ3) is 2.81. The van der Waals surface area contributed by atoms with Crippen LogP contribution in [0, 0.1) is 5.92 Å². The molecule has 4 atom stereocenters. The number of hydrogen-bond acceptors (Lipinski definition) is 3. The summed E-state index contributed by atoms with van der Waals surface area (Å²) in [6.07, 6.45) is 5.11. The van der Waals surface area contributed by atoms with Crippen LogP contribution in [0.15, 0.2) is 36.4 Å². The summed E-state index contributed by atoms with van der Waals surface area (Å²) < 4.78 is 14.5. The van der Waals surface area contributed by atoms with Gasteiger partial charge in [-0.15, -0.1) is 0 Å². The van der Waals surface area contributed by atoms with Gasteiger partial charge in [0.25, 0.3) is 0 Å². The average Bonchev–Trinajstić information content (AvgIpc) is 2.98. The van der Waals surface area contributed by atoms with Crippen LogP contribution in [0.4, 0.5) is 4.39 Å². The fourth-order valence-electron chi connectivity index (χ4n) is 3.56. The normalized spacial score (nSPS) is 32.3. The molecule has 4 N–H and O–H groups in total. The number of benzene rings is 1. The van der Waals surface area contributed by atoms with Gasteiger partial charge in [0.05, 0.1) is 11.7 Å². The van der Waals surface area contributed by atoms with Crippen LogP contribution in [-0.4, -0.2) is 24.4 Å². The van der Waals surface area contributed by atoms with Gasteiger partial charge in [-0.3, -0.25) is 5.32 Å². The molecule has 4 unspecified atom stereocenters. The molecule has 0 radical (unpaired) electrons. The third-order valence-electron chi connectivity index (χ3n) is 6.09. The van der Waals surface area contributed by atoms with Crippen molar-refractivity contribution in [3.63, 3.8) is 0 Å². The predicted molar refractivity (Wildman–Crippen MR) is 97.6 cm³/mol. The first-order chi connectivity index (χ1) is 11.2. The zero-order chi connectivity index (χ0) is 17.6. The highest BCUT2D eigenvalue weighted by atomic mass is 19.1. The maximum absolute atomic E-state index is 14.5. The van der Waals surface area contributed by atoms with Crippen LogP contribution in [-0.2, 0) is 5.41 Å². The highest BCUT2D eigenvalue weighted by Crippen LogP contribution is 2.60. The molecule has 0 spiro atoms. The molecule has 1 saturated heterocycles. The van der Waals surface area contributed by atoms with E-state index in [1.54, 1.807) is 6.92 Å². The summed E-state index contributed by atoms with van der Waals surface area (Å²) in [4.78, 5) is 0. The standard InChI is InChI=1S/C20H30FN3/c1-5-6-17(23-12-18(4,21)14(2)3)15-7-9-16(10-8-15)19-11-20(19,22)24-13-19/h5-10,14,17,23-24H,11-13,22H2,1-4H3/b6-5-. The zero-order valence-corrected chi connectivity index (χ0v) is 15.2. The molecule has 1 aliphatic heterocycles. The lowest BCUT2D eigenvalue weighted by molar-refractivity contribution is 0.119. The highest BCUT2D eigenvalue weighted by molar-refractivity contribution is 5.47. The van der Waals surface area contributed by atoms with Crippen LogP contribution in [0.3, 0.4) is 0 Å². The first-order valence-corrected chi connectivity index (χ1v) is 8.94. The molecule has 4 heteroatoms. The lowest BCUT2D eigenvalue weighted by Gasteiger charge is -2.34. The Balaban J connectivity index is 1.70. The largest absolute Gasteiger partial charge is 0.312 e. The topological polar surface area (TPSA) is 50.1 Å². The molecule has 1 aromatic carbocycles. The molecule has 2 fully saturated rings. The van der Waals surface area contributed by atoms with Gasteiger partial charge in [-0.1, -0.05) is 50.3 Å². The SMILES string of the molecule is C/C=C\C(NCC(C)(F)C(C)C)c1ccc(C23CNC2(N)C3)cc1. The number of fused-ring (bicyclic) bond motifs is 1. The minimum atomic E-state index is -1.22. The van der Waals surface area contributed by atoms with E-state index in [2.05, 4.69) is 41.0 Å². The van der Waals surface area contributed by atoms with Crippen LogP contribution in [0.1, 0.15) is 51.3 Å². The summed E-state index contributed by atoms with van der Waals surface area (Å²) in [6, 6.07) is 8.67. The van der Waals surface area contributed by atoms with Crippen LogP contribution in [0.2, 0.25) is 0 Å². The quantitative estimate of drug-likeness (QED) is 0.673. The molecule has 0 amide bonds. The van der Waals surface area contributed by atoms with Gasteiger partial charge in [0, 0.05) is 18.5 Å². The summed E-state index contributed by atoms with van der Waals surface area (Å²) in [5.41, 5.74) is 7.47. The molecule has 1 heterocycles. The molecular weight excluding hydrogens is 301 g/mol. The van der Waals surface area contributed by atoms with Gasteiger partial charge < -0.3 is 11.1 Å². The number of hydrogen-bond donors (Lipinski definition) is 3. The van der Waals surface area contributed by atoms with E-state index in [1.165, 1.54) is 5.56 Å². The van der Waals surface area contributed by atoms with Gasteiger partial charge in [0.1, 0.15) is 5.67 Å². The van der Waals surface area contributed by atoms with E-state index in [0.717, 1.165) is 18.5 Å². The Morgan fingerprint density at radius 2 is 2.04 bits per heavy atom. The fraction of sp³-hybridized carbons (Fsp3) is 0.600. The van der Waals surface area contributed by atoms with Gasteiger partial charge in [-0.05, 0) is 37.3 Å². The van der Waals surface area contributed by atoms with Crippen molar-refractivity contribution < 1.29 is 4.39 Å². The van der Waals surface area contributed by atoms with Gasteiger partial charge >= 0.3 is 0 Å². The fourth-order valence-corrected chi connectivity index (χ4v) is 3.56. The Morgan fingerprint density at radius 3 is 2.46 bits per heavy atom. The van der Waals surface area contributed by atoms with Crippen molar-refractivity contribution in [1.29, 1.82) is 0 Å². The van der Waals surface area contributed by atoms with Gasteiger partial charge in [0.2, 0.25) is 0 Å². The molecule has 0 aromatic heterocycles. The number of nitrogens with two attached hydrogens (primary N) is 1. The van der Waals surface area contributed by atoms with Crippen LogP contribution in [0.25, 0.3) is 0 Å². The van der Waals surface area contributed by atoms with Crippen molar-refractivity contribution in [2.45, 2.75) is 56.9 Å². The van der Waals surface area contributed by atoms with Crippen molar-refractivity contribution >= 4 is 0 Å². The summed E-state index contributed by atoms with van der Waals surface area (Å²) in [5.74, 6) is -0.0172. The van der Waals surface area contributed by atoms with Crippen molar-refractivity contribution in [1.82, 2.24) is 10.6 Å². The number of nitrogens with one attached hydrogen (secondary N) is 2. The molecule has 1 aromatic rings. The number of alkyl halides is 1. The van der Waals surface area contributed by atoms with E-state index in [1.807, 2.05) is 26.8 Å². The minimum absolute atomic E-state index is 0.0172. The predicted octanol–water partition coefficient (Wildman–Crippen LogP) is 3.18. The van der Waals surface area contributed by atoms with Crippen LogP contribution < -0.4 is 16.4 Å². The summed E-state index contributed by atoms with van der Waals surface area (Å²) in [5, 5.41) is 6.68. The van der Waals surface area contributed by atoms with Crippen molar-refractivity contribution in [2.75, 3.05) is 13.1 Å². The first-order valence-electron chi connectivity index (χ1n) is 8.94. The second-order valence-corrected chi connectivity index (χ2v) is 8.02. The van der Waals surface area contributed by atoms with Crippen molar-refractivity contribution in [2.24, 2.45) is 11.7 Å². The molecule has 3 nitrogen and oxygen atoms in total. The molecule has 1 saturated carbocycles. The Labute approximate surface area is 144 Å². The van der Waals surface area contributed by atoms with Gasteiger partial charge in [0.15, 0.2) is 0 Å². The molecule has 2 aliphatic rings. The third-order valence-corrected chi connectivity index (χ3v) is 6.09. The number of allylic oxidation sites excluding steroid dienone is 1. The van der Waals surface area contributed by atoms with E-state index in [0.29, 0.717) is 6.54 Å². The smallest absolute Gasteiger partial charge is 0.122 e. The van der Waals surface area contributed by atoms with Gasteiger partial charge in [-0.2, -0.15) is 0 Å². The Kier molecular flexibility index (Phi) is 4.35. The maximum Gasteiger partial charge on any atom is 0.122 e. The lowest BCUT2D eigenvalue weighted by atomic mass is 9.87. The minimum Gasteiger partial charge on any atom is -0.312 e. The molecule has 24 heavy (non-hydrogen) atoms. The molecule has 1 aliphatic carbocycles. The van der Waals surface area contributed by atoms with E-state index >= 15 is 0 Å². The van der Waals surface area contributed by atoms with Gasteiger partial charge in [-0.25, -0.2) is 4.39 Å². The van der Waals surface area contributed by atoms with Crippen LogP contribution >= 0.6 is 0 Å². The summed E-state index contributed by atoms with van der Waals surface area (Å²) in [7, 11) is 0. The molecular formula is C20H30FN3. The summed E-state index contributed by atoms with van der Waals surface area (Å²) in [6.45, 7) is 8.79. The zero-order valence-electron chi connectivity index (χ0n) is 15.2. The average molecular weight is 331 g/mol. The second-order valence-electron chi connectivity index (χ2n) is 8.02. The van der Waals surface area contributed by atoms with E-state index < -0.39 is 5.67 Å². The lowest BCUT2D eigenvalue weighted by Crippen LogP contribution is -2.60. The summed E-state index contributed by atoms with van der Waals surface area (Å²) >= 11 is 0. The van der Waals surface area contributed by atoms with Crippen LogP contribution in [0.5, 0.6) is 0 Å². The van der Waals surface area contributed by atoms with E-state index in [4.69, 9.17) is 5.73 Å². The molecule has 0 bridgehead atoms. The monoisotopic (exact) mass is 331 g/mol. The number of halogens is 1. The van der Waals surface area contributed by atoms with Crippen molar-refractivity contribution in [3.8, 4) is 0 Å². The van der Waals surface area contributed by atoms with E-state index in [9.17, 15) is 4.39 Å². The number of rotatable bonds is 7. The Morgan fingerprint density at radius 1 is 1.38 bits per heavy atom. The van der Waals surface area contributed by atoms with Crippen molar-refractivity contribution in [3.05, 3.63) is 47.5 Å². The molecule has 132 valence electrons. The maximum atomic E-state index is 14.5. The first kappa shape index (κ1) is 17.6.